The zero-order chi connectivity index (χ0) is 12.0. The normalized spacial score (nSPS) is 10.2. The van der Waals surface area contributed by atoms with Crippen molar-refractivity contribution < 1.29 is 14.6 Å². The van der Waals surface area contributed by atoms with Crippen molar-refractivity contribution in [1.82, 2.24) is 5.32 Å². The first-order chi connectivity index (χ1) is 7.76. The number of nitrogens with one attached hydrogen (secondary N) is 1. The maximum Gasteiger partial charge on any atom is 0.161 e. The van der Waals surface area contributed by atoms with Gasteiger partial charge in [0, 0.05) is 6.54 Å². The molecule has 0 saturated carbocycles. The lowest BCUT2D eigenvalue weighted by Crippen LogP contribution is -2.13. The summed E-state index contributed by atoms with van der Waals surface area (Å²) in [6, 6.07) is 3.71. The highest BCUT2D eigenvalue weighted by Gasteiger charge is 2.09. The van der Waals surface area contributed by atoms with Crippen molar-refractivity contribution in [3.63, 3.8) is 0 Å². The zero-order valence-electron chi connectivity index (χ0n) is 10.0. The molecule has 0 fully saturated rings. The Kier molecular flexibility index (Phi) is 5.08. The van der Waals surface area contributed by atoms with Gasteiger partial charge in [-0.3, -0.25) is 0 Å². The molecule has 0 bridgehead atoms. The lowest BCUT2D eigenvalue weighted by molar-refractivity contribution is 0.278. The van der Waals surface area contributed by atoms with Gasteiger partial charge in [0.15, 0.2) is 11.5 Å². The van der Waals surface area contributed by atoms with Gasteiger partial charge in [0.05, 0.1) is 20.8 Å². The van der Waals surface area contributed by atoms with Gasteiger partial charge in [-0.05, 0) is 29.8 Å². The van der Waals surface area contributed by atoms with Crippen LogP contribution >= 0.6 is 0 Å². The molecule has 0 spiro atoms. The fourth-order valence-electron chi connectivity index (χ4n) is 1.53. The van der Waals surface area contributed by atoms with E-state index in [1.807, 2.05) is 19.1 Å². The Hall–Kier alpha value is -1.26. The summed E-state index contributed by atoms with van der Waals surface area (Å²) in [5.74, 6) is 1.33. The van der Waals surface area contributed by atoms with E-state index in [9.17, 15) is 5.11 Å². The highest BCUT2D eigenvalue weighted by Crippen LogP contribution is 2.30. The minimum absolute atomic E-state index is 0.00107. The van der Waals surface area contributed by atoms with Crippen LogP contribution in [0.1, 0.15) is 18.1 Å². The van der Waals surface area contributed by atoms with E-state index < -0.39 is 0 Å². The molecular formula is C12H19NO3. The Labute approximate surface area is 96.2 Å². The monoisotopic (exact) mass is 225 g/mol. The van der Waals surface area contributed by atoms with Gasteiger partial charge < -0.3 is 19.9 Å². The maximum absolute atomic E-state index is 9.28. The van der Waals surface area contributed by atoms with Gasteiger partial charge in [-0.2, -0.15) is 0 Å². The molecule has 0 aliphatic carbocycles. The Morgan fingerprint density at radius 1 is 1.12 bits per heavy atom. The van der Waals surface area contributed by atoms with E-state index in [2.05, 4.69) is 5.32 Å². The fourth-order valence-corrected chi connectivity index (χ4v) is 1.53. The number of aliphatic hydroxyl groups excluding tert-OH is 1. The second kappa shape index (κ2) is 6.35. The molecule has 16 heavy (non-hydrogen) atoms. The van der Waals surface area contributed by atoms with Crippen LogP contribution < -0.4 is 14.8 Å². The van der Waals surface area contributed by atoms with Crippen LogP contribution in [-0.2, 0) is 13.2 Å². The van der Waals surface area contributed by atoms with Crippen LogP contribution in [0.5, 0.6) is 11.5 Å². The third-order valence-electron chi connectivity index (χ3n) is 2.44. The summed E-state index contributed by atoms with van der Waals surface area (Å²) in [6.07, 6.45) is 0. The van der Waals surface area contributed by atoms with Gasteiger partial charge in [0.2, 0.25) is 0 Å². The van der Waals surface area contributed by atoms with Gasteiger partial charge in [0.25, 0.3) is 0 Å². The summed E-state index contributed by atoms with van der Waals surface area (Å²) in [5, 5.41) is 12.5. The second-order valence-corrected chi connectivity index (χ2v) is 3.41. The van der Waals surface area contributed by atoms with Gasteiger partial charge in [-0.1, -0.05) is 6.92 Å². The van der Waals surface area contributed by atoms with Crippen molar-refractivity contribution in [3.8, 4) is 11.5 Å². The number of rotatable bonds is 6. The molecule has 0 unspecified atom stereocenters. The molecule has 1 aromatic rings. The standard InChI is InChI=1S/C12H19NO3/c1-4-13-7-9-5-11(15-2)12(16-3)6-10(9)8-14/h5-6,13-14H,4,7-8H2,1-3H3. The molecule has 0 saturated heterocycles. The van der Waals surface area contributed by atoms with Gasteiger partial charge in [0.1, 0.15) is 0 Å². The van der Waals surface area contributed by atoms with Crippen LogP contribution in [0.15, 0.2) is 12.1 Å². The quantitative estimate of drug-likeness (QED) is 0.766. The van der Waals surface area contributed by atoms with Crippen molar-refractivity contribution in [1.29, 1.82) is 0 Å². The summed E-state index contributed by atoms with van der Waals surface area (Å²) in [5.41, 5.74) is 1.89. The topological polar surface area (TPSA) is 50.7 Å². The summed E-state index contributed by atoms with van der Waals surface area (Å²) < 4.78 is 10.4. The SMILES string of the molecule is CCNCc1cc(OC)c(OC)cc1CO. The molecule has 1 aromatic carbocycles. The molecule has 1 rings (SSSR count). The van der Waals surface area contributed by atoms with E-state index in [1.165, 1.54) is 0 Å². The Morgan fingerprint density at radius 2 is 1.69 bits per heavy atom. The zero-order valence-corrected chi connectivity index (χ0v) is 10.0. The second-order valence-electron chi connectivity index (χ2n) is 3.41. The van der Waals surface area contributed by atoms with Crippen LogP contribution in [-0.4, -0.2) is 25.9 Å². The molecule has 2 N–H and O–H groups in total. The smallest absolute Gasteiger partial charge is 0.161 e. The summed E-state index contributed by atoms with van der Waals surface area (Å²) >= 11 is 0. The van der Waals surface area contributed by atoms with E-state index in [1.54, 1.807) is 14.2 Å². The summed E-state index contributed by atoms with van der Waals surface area (Å²) in [6.45, 7) is 3.65. The van der Waals surface area contributed by atoms with Crippen LogP contribution in [0.4, 0.5) is 0 Å². The molecule has 0 atom stereocenters. The minimum Gasteiger partial charge on any atom is -0.493 e. The van der Waals surface area contributed by atoms with Crippen molar-refractivity contribution in [2.45, 2.75) is 20.1 Å². The molecule has 0 radical (unpaired) electrons. The van der Waals surface area contributed by atoms with Gasteiger partial charge in [-0.15, -0.1) is 0 Å². The number of methoxy groups -OCH3 is 2. The minimum atomic E-state index is 0.00107. The van der Waals surface area contributed by atoms with E-state index in [0.717, 1.165) is 17.7 Å². The number of hydrogen-bond acceptors (Lipinski definition) is 4. The third-order valence-corrected chi connectivity index (χ3v) is 2.44. The summed E-state index contributed by atoms with van der Waals surface area (Å²) in [7, 11) is 3.19. The van der Waals surface area contributed by atoms with Crippen LogP contribution in [0.2, 0.25) is 0 Å². The Morgan fingerprint density at radius 3 is 2.12 bits per heavy atom. The Balaban J connectivity index is 3.05. The molecule has 4 heteroatoms. The predicted octanol–water partition coefficient (Wildman–Crippen LogP) is 1.31. The Bertz CT molecular complexity index is 339. The van der Waals surface area contributed by atoms with Crippen LogP contribution in [0.3, 0.4) is 0 Å². The molecule has 0 aromatic heterocycles. The van der Waals surface area contributed by atoms with E-state index >= 15 is 0 Å². The molecular weight excluding hydrogens is 206 g/mol. The van der Waals surface area contributed by atoms with E-state index in [0.29, 0.717) is 18.0 Å². The summed E-state index contributed by atoms with van der Waals surface area (Å²) in [4.78, 5) is 0. The van der Waals surface area contributed by atoms with Crippen LogP contribution in [0.25, 0.3) is 0 Å². The number of ether oxygens (including phenoxy) is 2. The lowest BCUT2D eigenvalue weighted by Gasteiger charge is -2.13. The van der Waals surface area contributed by atoms with Gasteiger partial charge in [-0.25, -0.2) is 0 Å². The van der Waals surface area contributed by atoms with Crippen molar-refractivity contribution in [2.24, 2.45) is 0 Å². The maximum atomic E-state index is 9.28. The number of hydrogen-bond donors (Lipinski definition) is 2. The third kappa shape index (κ3) is 2.87. The number of benzene rings is 1. The van der Waals surface area contributed by atoms with Crippen molar-refractivity contribution in [3.05, 3.63) is 23.3 Å². The molecule has 0 amide bonds. The first kappa shape index (κ1) is 12.8. The first-order valence-electron chi connectivity index (χ1n) is 5.32. The molecule has 4 nitrogen and oxygen atoms in total. The average molecular weight is 225 g/mol. The predicted molar refractivity (Wildman–Crippen MR) is 62.8 cm³/mol. The van der Waals surface area contributed by atoms with Crippen LogP contribution in [0, 0.1) is 0 Å². The average Bonchev–Trinajstić information content (AvgIpc) is 2.35. The largest absolute Gasteiger partial charge is 0.493 e. The van der Waals surface area contributed by atoms with E-state index in [-0.39, 0.29) is 6.61 Å². The fraction of sp³-hybridized carbons (Fsp3) is 0.500. The highest BCUT2D eigenvalue weighted by atomic mass is 16.5. The highest BCUT2D eigenvalue weighted by molar-refractivity contribution is 5.47. The molecule has 0 aliphatic rings. The molecule has 90 valence electrons. The van der Waals surface area contributed by atoms with Gasteiger partial charge >= 0.3 is 0 Å². The van der Waals surface area contributed by atoms with E-state index in [4.69, 9.17) is 9.47 Å². The molecule has 0 aliphatic heterocycles. The van der Waals surface area contributed by atoms with Crippen molar-refractivity contribution >= 4 is 0 Å². The lowest BCUT2D eigenvalue weighted by atomic mass is 10.1. The first-order valence-corrected chi connectivity index (χ1v) is 5.32. The molecule has 0 heterocycles. The number of aliphatic hydroxyl groups is 1. The van der Waals surface area contributed by atoms with Crippen molar-refractivity contribution in [2.75, 3.05) is 20.8 Å².